The zero-order valence-corrected chi connectivity index (χ0v) is 26.9. The average molecular weight is 667 g/mol. The molecule has 1 spiro atoms. The zero-order chi connectivity index (χ0) is 34.9. The number of hydrogen-bond donors (Lipinski definition) is 2. The number of halogens is 6. The number of nitrogens with zero attached hydrogens (tertiary/aromatic N) is 2. The number of allylic oxidation sites excluding steroid dienone is 5. The molecule has 2 aliphatic heterocycles. The third-order valence-electron chi connectivity index (χ3n) is 8.08. The molecule has 0 atom stereocenters. The molecule has 4 aliphatic rings. The number of carbonyl (C=O) groups is 2. The molecule has 14 heteroatoms. The Morgan fingerprint density at radius 3 is 1.98 bits per heavy atom. The fourth-order valence-electron chi connectivity index (χ4n) is 5.03. The van der Waals surface area contributed by atoms with Crippen LogP contribution in [0.1, 0.15) is 86.0 Å². The minimum Gasteiger partial charge on any atom is -0.478 e. The summed E-state index contributed by atoms with van der Waals surface area (Å²) in [6.07, 6.45) is 2.27. The second-order valence-electron chi connectivity index (χ2n) is 11.7. The Bertz CT molecular complexity index is 1230. The molecule has 0 amide bonds. The lowest BCUT2D eigenvalue weighted by Crippen LogP contribution is -2.44. The SMILES string of the molecule is C/C(=C(OC(F)(F)F)\C(=C/CCN1CCC2(CC1)CC(/C(C)=C/C=C(\C)C(=O)O)=NO2)C1CC1)C1CC1.CC.O=C(O)C(F)(F)F. The summed E-state index contributed by atoms with van der Waals surface area (Å²) in [6.45, 7) is 11.7. The minimum atomic E-state index is -5.08. The topological polar surface area (TPSA) is 109 Å². The van der Waals surface area contributed by atoms with Crippen LogP contribution < -0.4 is 0 Å². The molecule has 0 bridgehead atoms. The van der Waals surface area contributed by atoms with Crippen LogP contribution in [0.4, 0.5) is 26.3 Å². The Kier molecular flexibility index (Phi) is 14.0. The highest BCUT2D eigenvalue weighted by molar-refractivity contribution is 6.01. The molecule has 260 valence electrons. The predicted octanol–water partition coefficient (Wildman–Crippen LogP) is 8.18. The number of alkyl halides is 6. The molecule has 2 N–H and O–H groups in total. The lowest BCUT2D eigenvalue weighted by molar-refractivity contribution is -0.304. The monoisotopic (exact) mass is 666 g/mol. The first kappa shape index (κ1) is 38.9. The quantitative estimate of drug-likeness (QED) is 0.105. The maximum atomic E-state index is 13.2. The highest BCUT2D eigenvalue weighted by Gasteiger charge is 2.43. The Morgan fingerprint density at radius 1 is 0.978 bits per heavy atom. The molecule has 2 saturated carbocycles. The van der Waals surface area contributed by atoms with Gasteiger partial charge in [-0.3, -0.25) is 0 Å². The van der Waals surface area contributed by atoms with E-state index < -0.39 is 24.5 Å². The second kappa shape index (κ2) is 16.5. The molecule has 3 fully saturated rings. The van der Waals surface area contributed by atoms with E-state index in [1.807, 2.05) is 26.8 Å². The van der Waals surface area contributed by atoms with Crippen molar-refractivity contribution in [3.8, 4) is 0 Å². The van der Waals surface area contributed by atoms with Crippen molar-refractivity contribution < 1.29 is 55.7 Å². The zero-order valence-electron chi connectivity index (χ0n) is 26.9. The van der Waals surface area contributed by atoms with Crippen molar-refractivity contribution in [1.29, 1.82) is 0 Å². The van der Waals surface area contributed by atoms with Crippen LogP contribution in [0.2, 0.25) is 0 Å². The van der Waals surface area contributed by atoms with Gasteiger partial charge < -0.3 is 24.7 Å². The lowest BCUT2D eigenvalue weighted by atomic mass is 9.85. The average Bonchev–Trinajstić information content (AvgIpc) is 3.92. The van der Waals surface area contributed by atoms with Crippen molar-refractivity contribution in [1.82, 2.24) is 4.90 Å². The van der Waals surface area contributed by atoms with Crippen LogP contribution in [0.5, 0.6) is 0 Å². The van der Waals surface area contributed by atoms with E-state index in [4.69, 9.17) is 19.8 Å². The van der Waals surface area contributed by atoms with E-state index in [1.165, 1.54) is 0 Å². The van der Waals surface area contributed by atoms with Crippen molar-refractivity contribution in [2.24, 2.45) is 17.0 Å². The fourth-order valence-corrected chi connectivity index (χ4v) is 5.03. The van der Waals surface area contributed by atoms with Crippen LogP contribution >= 0.6 is 0 Å². The molecule has 1 saturated heterocycles. The first-order chi connectivity index (χ1) is 21.4. The number of carboxylic acids is 2. The summed E-state index contributed by atoms with van der Waals surface area (Å²) in [7, 11) is 0. The van der Waals surface area contributed by atoms with Gasteiger partial charge in [-0.15, -0.1) is 13.2 Å². The summed E-state index contributed by atoms with van der Waals surface area (Å²) < 4.78 is 75.9. The summed E-state index contributed by atoms with van der Waals surface area (Å²) in [6, 6.07) is 0. The Balaban J connectivity index is 0.000000724. The number of oxime groups is 1. The van der Waals surface area contributed by atoms with E-state index >= 15 is 0 Å². The number of carboxylic acid groups (broad SMARTS) is 2. The maximum Gasteiger partial charge on any atom is 0.573 e. The predicted molar refractivity (Wildman–Crippen MR) is 160 cm³/mol. The number of ether oxygens (including phenoxy) is 1. The molecule has 4 rings (SSSR count). The molecule has 2 heterocycles. The highest BCUT2D eigenvalue weighted by atomic mass is 19.4. The lowest BCUT2D eigenvalue weighted by Gasteiger charge is -2.37. The first-order valence-electron chi connectivity index (χ1n) is 15.4. The van der Waals surface area contributed by atoms with E-state index in [1.54, 1.807) is 26.0 Å². The van der Waals surface area contributed by atoms with E-state index in [9.17, 15) is 31.1 Å². The molecule has 0 unspecified atom stereocenters. The van der Waals surface area contributed by atoms with Crippen LogP contribution in [-0.4, -0.2) is 70.5 Å². The number of aliphatic carboxylic acids is 2. The highest BCUT2D eigenvalue weighted by Crippen LogP contribution is 2.47. The maximum absolute atomic E-state index is 13.2. The molecule has 46 heavy (non-hydrogen) atoms. The van der Waals surface area contributed by atoms with Gasteiger partial charge in [0.2, 0.25) is 0 Å². The van der Waals surface area contributed by atoms with Crippen molar-refractivity contribution in [2.45, 2.75) is 104 Å². The standard InChI is InChI=1S/C28H37F3N2O4.C2HF3O2.C2H6/c1-18(6-7-19(2)26(34)35)24-17-27(37-32-24)12-15-33(16-13-27)14-4-5-23(22-10-11-22)25(36-28(29,30)31)20(3)21-8-9-21;3-2(4,5)1(6)7;1-2/h5-7,21-22H,4,8-17H2,1-3H3,(H,34,35);(H,6,7);1-2H3/b18-6+,19-7+,23-5-,25-20-;;. The van der Waals surface area contributed by atoms with Crippen molar-refractivity contribution in [3.05, 3.63) is 46.3 Å². The van der Waals surface area contributed by atoms with Gasteiger partial charge in [-0.25, -0.2) is 9.59 Å². The largest absolute Gasteiger partial charge is 0.573 e. The Morgan fingerprint density at radius 2 is 1.52 bits per heavy atom. The smallest absolute Gasteiger partial charge is 0.478 e. The Hall–Kier alpha value is -3.29. The van der Waals surface area contributed by atoms with Crippen molar-refractivity contribution in [3.63, 3.8) is 0 Å². The van der Waals surface area contributed by atoms with Gasteiger partial charge in [0.1, 0.15) is 11.4 Å². The fraction of sp³-hybridized carbons (Fsp3) is 0.656. The number of rotatable bonds is 10. The van der Waals surface area contributed by atoms with Crippen molar-refractivity contribution in [2.75, 3.05) is 19.6 Å². The van der Waals surface area contributed by atoms with Crippen LogP contribution in [0, 0.1) is 11.8 Å². The number of hydrogen-bond acceptors (Lipinski definition) is 6. The molecular weight excluding hydrogens is 622 g/mol. The van der Waals surface area contributed by atoms with Gasteiger partial charge in [0.05, 0.1) is 5.71 Å². The second-order valence-corrected chi connectivity index (χ2v) is 11.7. The van der Waals surface area contributed by atoms with Crippen LogP contribution in [0.3, 0.4) is 0 Å². The summed E-state index contributed by atoms with van der Waals surface area (Å²) >= 11 is 0. The van der Waals surface area contributed by atoms with Crippen LogP contribution in [0.15, 0.2) is 51.4 Å². The van der Waals surface area contributed by atoms with Gasteiger partial charge in [-0.05, 0) is 81.4 Å². The Labute approximate surface area is 265 Å². The summed E-state index contributed by atoms with van der Waals surface area (Å²) in [5.41, 5.74) is 3.14. The third-order valence-corrected chi connectivity index (χ3v) is 8.08. The van der Waals surface area contributed by atoms with E-state index in [-0.39, 0.29) is 28.8 Å². The van der Waals surface area contributed by atoms with E-state index in [2.05, 4.69) is 14.8 Å². The molecule has 0 aromatic rings. The first-order valence-corrected chi connectivity index (χ1v) is 15.4. The van der Waals surface area contributed by atoms with E-state index in [0.717, 1.165) is 80.6 Å². The van der Waals surface area contributed by atoms with Crippen LogP contribution in [-0.2, 0) is 19.2 Å². The molecule has 0 aromatic heterocycles. The molecule has 8 nitrogen and oxygen atoms in total. The van der Waals surface area contributed by atoms with Gasteiger partial charge in [-0.1, -0.05) is 37.2 Å². The summed E-state index contributed by atoms with van der Waals surface area (Å²) in [5.74, 6) is -3.26. The van der Waals surface area contributed by atoms with E-state index in [0.29, 0.717) is 12.8 Å². The summed E-state index contributed by atoms with van der Waals surface area (Å²) in [5, 5.41) is 20.4. The van der Waals surface area contributed by atoms with Gasteiger partial charge in [0, 0.05) is 44.5 Å². The number of likely N-dealkylation sites (tertiary alicyclic amines) is 1. The molecule has 0 aromatic carbocycles. The minimum absolute atomic E-state index is 0.0657. The summed E-state index contributed by atoms with van der Waals surface area (Å²) in [4.78, 5) is 28.1. The van der Waals surface area contributed by atoms with Gasteiger partial charge in [-0.2, -0.15) is 13.2 Å². The molecule has 2 aliphatic carbocycles. The molecular formula is C32H44F6N2O6. The van der Waals surface area contributed by atoms with Gasteiger partial charge in [0.15, 0.2) is 0 Å². The number of piperidine rings is 1. The van der Waals surface area contributed by atoms with Gasteiger partial charge >= 0.3 is 24.5 Å². The molecule has 0 radical (unpaired) electrons. The van der Waals surface area contributed by atoms with Crippen LogP contribution in [0.25, 0.3) is 0 Å². The normalized spacial score (nSPS) is 21.2. The van der Waals surface area contributed by atoms with Crippen molar-refractivity contribution >= 4 is 17.7 Å². The third kappa shape index (κ3) is 12.5. The van der Waals surface area contributed by atoms with Gasteiger partial charge in [0.25, 0.3) is 0 Å².